The Morgan fingerprint density at radius 3 is 2.79 bits per heavy atom. The maximum atomic E-state index is 12.8. The van der Waals surface area contributed by atoms with Gasteiger partial charge in [-0.05, 0) is 37.0 Å². The molecule has 2 fully saturated rings. The van der Waals surface area contributed by atoms with E-state index in [9.17, 15) is 15.0 Å². The van der Waals surface area contributed by atoms with Crippen molar-refractivity contribution in [3.8, 4) is 10.4 Å². The topological polar surface area (TPSA) is 107 Å². The van der Waals surface area contributed by atoms with Crippen molar-refractivity contribution in [2.45, 2.75) is 50.7 Å². The van der Waals surface area contributed by atoms with E-state index < -0.39 is 6.10 Å². The van der Waals surface area contributed by atoms with Gasteiger partial charge in [-0.2, -0.15) is 0 Å². The van der Waals surface area contributed by atoms with E-state index in [0.29, 0.717) is 36.5 Å². The van der Waals surface area contributed by atoms with Gasteiger partial charge < -0.3 is 24.7 Å². The summed E-state index contributed by atoms with van der Waals surface area (Å²) in [6, 6.07) is 6.86. The lowest BCUT2D eigenvalue weighted by atomic mass is 9.95. The molecular weight excluding hydrogens is 450 g/mol. The molecule has 3 aromatic heterocycles. The number of H-pyrrole nitrogens is 1. The second-order valence-corrected chi connectivity index (χ2v) is 10.6. The van der Waals surface area contributed by atoms with E-state index in [0.717, 1.165) is 26.5 Å². The summed E-state index contributed by atoms with van der Waals surface area (Å²) in [4.78, 5) is 27.8. The molecule has 3 N–H and O–H groups in total. The zero-order valence-corrected chi connectivity index (χ0v) is 19.8. The molecule has 0 amide bonds. The van der Waals surface area contributed by atoms with Crippen LogP contribution in [0.3, 0.4) is 0 Å². The summed E-state index contributed by atoms with van der Waals surface area (Å²) in [7, 11) is 0. The molecule has 0 bridgehead atoms. The number of aliphatic hydroxyl groups is 2. The lowest BCUT2D eigenvalue weighted by Gasteiger charge is -2.35. The zero-order valence-electron chi connectivity index (χ0n) is 19.0. The van der Waals surface area contributed by atoms with E-state index in [4.69, 9.17) is 4.98 Å². The quantitative estimate of drug-likeness (QED) is 0.412. The first-order chi connectivity index (χ1) is 16.6. The molecule has 178 valence electrons. The molecule has 6 rings (SSSR count). The number of aliphatic hydroxyl groups excluding tert-OH is 2. The molecule has 0 radical (unpaired) electrons. The number of nitrogens with zero attached hydrogens (tertiary/aromatic N) is 4. The average Bonchev–Trinajstić information content (AvgIpc) is 3.47. The van der Waals surface area contributed by atoms with Gasteiger partial charge in [0.15, 0.2) is 0 Å². The lowest BCUT2D eigenvalue weighted by molar-refractivity contribution is 0.0550. The van der Waals surface area contributed by atoms with Crippen LogP contribution in [-0.2, 0) is 0 Å². The normalized spacial score (nSPS) is 22.1. The molecule has 2 atom stereocenters. The molecule has 1 aromatic carbocycles. The number of nitrogens with one attached hydrogen (secondary N) is 1. The maximum Gasteiger partial charge on any atom is 0.261 e. The molecule has 1 aliphatic carbocycles. The van der Waals surface area contributed by atoms with Gasteiger partial charge in [0, 0.05) is 31.7 Å². The first-order valence-corrected chi connectivity index (χ1v) is 13.0. The molecule has 4 heterocycles. The SMILES string of the molecule is O=c1[nH]cnc2c(-c3ccc4c(c3)ncn4C3CCCCC3)sc(N3CCC(CO)C(O)C3)c12. The van der Waals surface area contributed by atoms with Crippen molar-refractivity contribution in [1.82, 2.24) is 19.5 Å². The first-order valence-electron chi connectivity index (χ1n) is 12.1. The number of piperidine rings is 1. The van der Waals surface area contributed by atoms with Gasteiger partial charge in [0.2, 0.25) is 0 Å². The van der Waals surface area contributed by atoms with Crippen LogP contribution in [0.1, 0.15) is 44.6 Å². The van der Waals surface area contributed by atoms with Crippen LogP contribution in [0.25, 0.3) is 32.4 Å². The molecule has 9 heteroatoms. The summed E-state index contributed by atoms with van der Waals surface area (Å²) in [6.07, 6.45) is 9.75. The van der Waals surface area contributed by atoms with Crippen molar-refractivity contribution in [2.24, 2.45) is 5.92 Å². The molecule has 8 nitrogen and oxygen atoms in total. The number of hydrogen-bond donors (Lipinski definition) is 3. The lowest BCUT2D eigenvalue weighted by Crippen LogP contribution is -2.45. The highest BCUT2D eigenvalue weighted by molar-refractivity contribution is 7.21. The highest BCUT2D eigenvalue weighted by Gasteiger charge is 2.30. The first kappa shape index (κ1) is 21.8. The van der Waals surface area contributed by atoms with Gasteiger partial charge in [-0.1, -0.05) is 25.3 Å². The molecule has 1 saturated carbocycles. The number of fused-ring (bicyclic) bond motifs is 2. The summed E-state index contributed by atoms with van der Waals surface area (Å²) in [5, 5.41) is 21.4. The number of imidazole rings is 1. The Morgan fingerprint density at radius 1 is 1.15 bits per heavy atom. The maximum absolute atomic E-state index is 12.8. The van der Waals surface area contributed by atoms with E-state index in [1.165, 1.54) is 49.8 Å². The van der Waals surface area contributed by atoms with E-state index in [-0.39, 0.29) is 18.1 Å². The van der Waals surface area contributed by atoms with Crippen LogP contribution >= 0.6 is 11.3 Å². The van der Waals surface area contributed by atoms with Crippen LogP contribution in [0.15, 0.2) is 35.6 Å². The second kappa shape index (κ2) is 8.79. The molecule has 1 aliphatic heterocycles. The number of hydrogen-bond acceptors (Lipinski definition) is 7. The van der Waals surface area contributed by atoms with Gasteiger partial charge in [-0.15, -0.1) is 11.3 Å². The molecule has 4 aromatic rings. The van der Waals surface area contributed by atoms with Crippen molar-refractivity contribution in [3.05, 3.63) is 41.2 Å². The van der Waals surface area contributed by atoms with Crippen molar-refractivity contribution >= 4 is 38.3 Å². The monoisotopic (exact) mass is 479 g/mol. The smallest absolute Gasteiger partial charge is 0.261 e. The Labute approximate surface area is 200 Å². The Hall–Kier alpha value is -2.75. The third-order valence-electron chi connectivity index (χ3n) is 7.53. The van der Waals surface area contributed by atoms with E-state index in [1.54, 1.807) is 0 Å². The molecule has 1 saturated heterocycles. The Morgan fingerprint density at radius 2 is 2.00 bits per heavy atom. The Bertz CT molecular complexity index is 1390. The van der Waals surface area contributed by atoms with Crippen LogP contribution in [0.4, 0.5) is 5.00 Å². The summed E-state index contributed by atoms with van der Waals surface area (Å²) in [5.41, 5.74) is 3.59. The number of aromatic amines is 1. The standard InChI is InChI=1S/C25H29N5O3S/c31-12-16-8-9-29(11-20(16)32)25-21-22(26-13-27-24(21)33)23(34-25)15-6-7-19-18(10-15)28-14-30(19)17-4-2-1-3-5-17/h6-7,10,13-14,16-17,20,31-32H,1-5,8-9,11-12H2,(H,26,27,33). The number of benzene rings is 1. The van der Waals surface area contributed by atoms with Crippen molar-refractivity contribution in [3.63, 3.8) is 0 Å². The van der Waals surface area contributed by atoms with E-state index in [1.807, 2.05) is 6.33 Å². The predicted octanol–water partition coefficient (Wildman–Crippen LogP) is 3.69. The fraction of sp³-hybridized carbons (Fsp3) is 0.480. The molecule has 34 heavy (non-hydrogen) atoms. The third kappa shape index (κ3) is 3.62. The van der Waals surface area contributed by atoms with Gasteiger partial charge in [0.1, 0.15) is 10.4 Å². The predicted molar refractivity (Wildman–Crippen MR) is 135 cm³/mol. The van der Waals surface area contributed by atoms with Crippen molar-refractivity contribution < 1.29 is 10.2 Å². The van der Waals surface area contributed by atoms with E-state index >= 15 is 0 Å². The van der Waals surface area contributed by atoms with Gasteiger partial charge in [0.25, 0.3) is 5.56 Å². The zero-order chi connectivity index (χ0) is 23.2. The van der Waals surface area contributed by atoms with E-state index in [2.05, 4.69) is 37.6 Å². The molecule has 0 spiro atoms. The van der Waals surface area contributed by atoms with Gasteiger partial charge in [0.05, 0.1) is 40.2 Å². The van der Waals surface area contributed by atoms with Crippen LogP contribution in [0.5, 0.6) is 0 Å². The number of anilines is 1. The average molecular weight is 480 g/mol. The minimum absolute atomic E-state index is 0.0267. The largest absolute Gasteiger partial charge is 0.396 e. The fourth-order valence-electron chi connectivity index (χ4n) is 5.59. The highest BCUT2D eigenvalue weighted by Crippen LogP contribution is 2.43. The van der Waals surface area contributed by atoms with Crippen LogP contribution in [0, 0.1) is 5.92 Å². The minimum atomic E-state index is -0.629. The summed E-state index contributed by atoms with van der Waals surface area (Å²) in [5.74, 6) is -0.125. The molecular formula is C25H29N5O3S. The molecule has 2 aliphatic rings. The highest BCUT2D eigenvalue weighted by atomic mass is 32.1. The van der Waals surface area contributed by atoms with Crippen molar-refractivity contribution in [1.29, 1.82) is 0 Å². The Kier molecular flexibility index (Phi) is 5.63. The number of thiophene rings is 1. The summed E-state index contributed by atoms with van der Waals surface area (Å²) in [6.45, 7) is 1.04. The van der Waals surface area contributed by atoms with Gasteiger partial charge in [-0.25, -0.2) is 9.97 Å². The third-order valence-corrected chi connectivity index (χ3v) is 8.82. The minimum Gasteiger partial charge on any atom is -0.396 e. The Balaban J connectivity index is 1.41. The van der Waals surface area contributed by atoms with Gasteiger partial charge >= 0.3 is 0 Å². The van der Waals surface area contributed by atoms with Crippen molar-refractivity contribution in [2.75, 3.05) is 24.6 Å². The number of β-amino-alcohol motifs (C(OH)–C–C–N with tert-alkyl or cyclic N) is 1. The van der Waals surface area contributed by atoms with Crippen LogP contribution in [-0.4, -0.2) is 55.5 Å². The number of rotatable bonds is 4. The summed E-state index contributed by atoms with van der Waals surface area (Å²) < 4.78 is 2.33. The number of aromatic nitrogens is 4. The van der Waals surface area contributed by atoms with Crippen LogP contribution < -0.4 is 10.5 Å². The fourth-order valence-corrected chi connectivity index (χ4v) is 6.86. The summed E-state index contributed by atoms with van der Waals surface area (Å²) >= 11 is 1.54. The van der Waals surface area contributed by atoms with Crippen LogP contribution in [0.2, 0.25) is 0 Å². The molecule has 2 unspecified atom stereocenters. The van der Waals surface area contributed by atoms with Gasteiger partial charge in [-0.3, -0.25) is 4.79 Å². The second-order valence-electron chi connectivity index (χ2n) is 9.58.